The van der Waals surface area contributed by atoms with Gasteiger partial charge in [-0.3, -0.25) is 0 Å². The molecule has 0 amide bonds. The summed E-state index contributed by atoms with van der Waals surface area (Å²) in [6, 6.07) is 0. The van der Waals surface area contributed by atoms with Crippen LogP contribution in [0, 0.1) is 11.8 Å². The molecule has 2 N–H and O–H groups in total. The minimum Gasteiger partial charge on any atom is -0.396 e. The Morgan fingerprint density at radius 2 is 1.86 bits per heavy atom. The van der Waals surface area contributed by atoms with E-state index in [0.717, 1.165) is 19.3 Å². The molecule has 2 heteroatoms. The molecule has 0 fully saturated rings. The Hall–Kier alpha value is -0.340. The van der Waals surface area contributed by atoms with Crippen molar-refractivity contribution in [3.8, 4) is 0 Å². The summed E-state index contributed by atoms with van der Waals surface area (Å²) >= 11 is 0. The molecular formula is C12H24O2. The standard InChI is InChI=1S/C12H24O2/c1-11(2)10-12(7-5-9-14)6-3-4-8-13/h3,6,11-14H,4-5,7-10H2,1-2H3/b6-3+/t12-/m1/s1. The van der Waals surface area contributed by atoms with Gasteiger partial charge in [0.25, 0.3) is 0 Å². The van der Waals surface area contributed by atoms with Crippen molar-refractivity contribution >= 4 is 0 Å². The number of hydrogen-bond acceptors (Lipinski definition) is 2. The number of aliphatic hydroxyl groups is 2. The van der Waals surface area contributed by atoms with Gasteiger partial charge in [-0.2, -0.15) is 0 Å². The summed E-state index contributed by atoms with van der Waals surface area (Å²) in [5.74, 6) is 1.26. The summed E-state index contributed by atoms with van der Waals surface area (Å²) in [4.78, 5) is 0. The maximum atomic E-state index is 8.76. The van der Waals surface area contributed by atoms with E-state index in [1.807, 2.05) is 6.08 Å². The first-order valence-corrected chi connectivity index (χ1v) is 5.59. The molecule has 0 unspecified atom stereocenters. The summed E-state index contributed by atoms with van der Waals surface area (Å²) in [7, 11) is 0. The summed E-state index contributed by atoms with van der Waals surface area (Å²) in [5, 5.41) is 17.4. The van der Waals surface area contributed by atoms with E-state index < -0.39 is 0 Å². The molecular weight excluding hydrogens is 176 g/mol. The lowest BCUT2D eigenvalue weighted by atomic mass is 9.92. The average Bonchev–Trinajstić information content (AvgIpc) is 2.13. The summed E-state index contributed by atoms with van der Waals surface area (Å²) < 4.78 is 0. The van der Waals surface area contributed by atoms with Crippen LogP contribution in [0.5, 0.6) is 0 Å². The van der Waals surface area contributed by atoms with Crippen LogP contribution >= 0.6 is 0 Å². The Bertz CT molecular complexity index is 141. The highest BCUT2D eigenvalue weighted by atomic mass is 16.3. The van der Waals surface area contributed by atoms with Gasteiger partial charge < -0.3 is 10.2 Å². The van der Waals surface area contributed by atoms with Gasteiger partial charge >= 0.3 is 0 Å². The Labute approximate surface area is 87.7 Å². The van der Waals surface area contributed by atoms with Crippen LogP contribution in [0.1, 0.15) is 39.5 Å². The molecule has 0 aliphatic rings. The van der Waals surface area contributed by atoms with Gasteiger partial charge in [-0.1, -0.05) is 26.0 Å². The van der Waals surface area contributed by atoms with E-state index >= 15 is 0 Å². The van der Waals surface area contributed by atoms with Crippen molar-refractivity contribution in [2.45, 2.75) is 39.5 Å². The molecule has 1 atom stereocenters. The first-order valence-electron chi connectivity index (χ1n) is 5.59. The molecule has 0 radical (unpaired) electrons. The predicted molar refractivity (Wildman–Crippen MR) is 60.1 cm³/mol. The molecule has 0 aliphatic carbocycles. The third-order valence-electron chi connectivity index (χ3n) is 2.21. The van der Waals surface area contributed by atoms with Gasteiger partial charge in [0.2, 0.25) is 0 Å². The van der Waals surface area contributed by atoms with Crippen molar-refractivity contribution < 1.29 is 10.2 Å². The molecule has 0 saturated carbocycles. The molecule has 0 aliphatic heterocycles. The summed E-state index contributed by atoms with van der Waals surface area (Å²) in [5.41, 5.74) is 0. The monoisotopic (exact) mass is 200 g/mol. The van der Waals surface area contributed by atoms with Gasteiger partial charge in [0.15, 0.2) is 0 Å². The van der Waals surface area contributed by atoms with Crippen molar-refractivity contribution in [2.24, 2.45) is 11.8 Å². The van der Waals surface area contributed by atoms with Crippen LogP contribution in [-0.2, 0) is 0 Å². The third-order valence-corrected chi connectivity index (χ3v) is 2.21. The van der Waals surface area contributed by atoms with Crippen LogP contribution in [0.4, 0.5) is 0 Å². The van der Waals surface area contributed by atoms with E-state index in [1.165, 1.54) is 6.42 Å². The Balaban J connectivity index is 3.83. The van der Waals surface area contributed by atoms with Gasteiger partial charge in [0, 0.05) is 13.2 Å². The van der Waals surface area contributed by atoms with Crippen LogP contribution in [0.2, 0.25) is 0 Å². The van der Waals surface area contributed by atoms with Crippen LogP contribution in [-0.4, -0.2) is 23.4 Å². The molecule has 0 aromatic carbocycles. The Morgan fingerprint density at radius 1 is 1.14 bits per heavy atom. The third kappa shape index (κ3) is 8.27. The average molecular weight is 200 g/mol. The van der Waals surface area contributed by atoms with Crippen molar-refractivity contribution in [2.75, 3.05) is 13.2 Å². The summed E-state index contributed by atoms with van der Waals surface area (Å²) in [6.07, 6.45) is 8.07. The highest BCUT2D eigenvalue weighted by molar-refractivity contribution is 4.88. The van der Waals surface area contributed by atoms with Gasteiger partial charge in [0.05, 0.1) is 0 Å². The van der Waals surface area contributed by atoms with E-state index in [0.29, 0.717) is 11.8 Å². The van der Waals surface area contributed by atoms with Gasteiger partial charge in [-0.15, -0.1) is 0 Å². The summed E-state index contributed by atoms with van der Waals surface area (Å²) in [6.45, 7) is 4.94. The predicted octanol–water partition coefficient (Wildman–Crippen LogP) is 2.36. The van der Waals surface area contributed by atoms with Crippen LogP contribution < -0.4 is 0 Å². The van der Waals surface area contributed by atoms with Crippen molar-refractivity contribution in [1.29, 1.82) is 0 Å². The number of hydrogen-bond donors (Lipinski definition) is 2. The largest absolute Gasteiger partial charge is 0.396 e. The van der Waals surface area contributed by atoms with Gasteiger partial charge in [0.1, 0.15) is 0 Å². The first-order chi connectivity index (χ1) is 6.70. The van der Waals surface area contributed by atoms with Gasteiger partial charge in [-0.25, -0.2) is 0 Å². The number of aliphatic hydroxyl groups excluding tert-OH is 2. The van der Waals surface area contributed by atoms with Crippen LogP contribution in [0.25, 0.3) is 0 Å². The minimum absolute atomic E-state index is 0.227. The zero-order chi connectivity index (χ0) is 10.8. The lowest BCUT2D eigenvalue weighted by Crippen LogP contribution is -2.03. The molecule has 0 aromatic rings. The van der Waals surface area contributed by atoms with Crippen molar-refractivity contribution in [1.82, 2.24) is 0 Å². The fourth-order valence-corrected chi connectivity index (χ4v) is 1.61. The fraction of sp³-hybridized carbons (Fsp3) is 0.833. The second-order valence-electron chi connectivity index (χ2n) is 4.20. The lowest BCUT2D eigenvalue weighted by Gasteiger charge is -2.14. The molecule has 0 heterocycles. The highest BCUT2D eigenvalue weighted by Gasteiger charge is 2.06. The fourth-order valence-electron chi connectivity index (χ4n) is 1.61. The Kier molecular flexibility index (Phi) is 9.00. The maximum absolute atomic E-state index is 8.76. The topological polar surface area (TPSA) is 40.5 Å². The second-order valence-corrected chi connectivity index (χ2v) is 4.20. The zero-order valence-electron chi connectivity index (χ0n) is 9.45. The number of allylic oxidation sites excluding steroid dienone is 1. The van der Waals surface area contributed by atoms with Crippen LogP contribution in [0.3, 0.4) is 0 Å². The molecule has 0 aromatic heterocycles. The van der Waals surface area contributed by atoms with E-state index in [2.05, 4.69) is 19.9 Å². The lowest BCUT2D eigenvalue weighted by molar-refractivity contribution is 0.272. The van der Waals surface area contributed by atoms with E-state index in [9.17, 15) is 0 Å². The van der Waals surface area contributed by atoms with Gasteiger partial charge in [-0.05, 0) is 37.5 Å². The first kappa shape index (κ1) is 13.7. The molecule has 2 nitrogen and oxygen atoms in total. The van der Waals surface area contributed by atoms with Crippen LogP contribution in [0.15, 0.2) is 12.2 Å². The molecule has 0 saturated heterocycles. The zero-order valence-corrected chi connectivity index (χ0v) is 9.45. The smallest absolute Gasteiger partial charge is 0.0465 e. The quantitative estimate of drug-likeness (QED) is 0.590. The van der Waals surface area contributed by atoms with Crippen molar-refractivity contribution in [3.05, 3.63) is 12.2 Å². The SMILES string of the molecule is CC(C)C[C@H](/C=C/CCO)CCCO. The number of rotatable bonds is 8. The second kappa shape index (κ2) is 9.22. The molecule has 0 rings (SSSR count). The highest BCUT2D eigenvalue weighted by Crippen LogP contribution is 2.18. The normalized spacial score (nSPS) is 14.1. The molecule has 14 heavy (non-hydrogen) atoms. The maximum Gasteiger partial charge on any atom is 0.0465 e. The Morgan fingerprint density at radius 3 is 2.36 bits per heavy atom. The minimum atomic E-state index is 0.227. The van der Waals surface area contributed by atoms with E-state index in [-0.39, 0.29) is 13.2 Å². The van der Waals surface area contributed by atoms with E-state index in [4.69, 9.17) is 10.2 Å². The molecule has 0 bridgehead atoms. The molecule has 0 spiro atoms. The van der Waals surface area contributed by atoms with Crippen molar-refractivity contribution in [3.63, 3.8) is 0 Å². The van der Waals surface area contributed by atoms with E-state index in [1.54, 1.807) is 0 Å². The molecule has 84 valence electrons.